The molecule has 2 aromatic rings. The van der Waals surface area contributed by atoms with E-state index in [-0.39, 0.29) is 27.9 Å². The highest BCUT2D eigenvalue weighted by molar-refractivity contribution is 7.99. The fourth-order valence-corrected chi connectivity index (χ4v) is 2.42. The second-order valence-corrected chi connectivity index (χ2v) is 5.23. The van der Waals surface area contributed by atoms with Gasteiger partial charge < -0.3 is 4.74 Å². The smallest absolute Gasteiger partial charge is 0.451 e. The number of nitro groups is 1. The molecular formula is C12H9F3N4O4S. The number of H-pyrrole nitrogens is 1. The molecule has 128 valence electrons. The van der Waals surface area contributed by atoms with Crippen LogP contribution in [0.4, 0.5) is 18.9 Å². The molecule has 0 fully saturated rings. The first-order valence-electron chi connectivity index (χ1n) is 6.35. The van der Waals surface area contributed by atoms with Gasteiger partial charge in [-0.15, -0.1) is 5.10 Å². The molecule has 0 aliphatic carbocycles. The Morgan fingerprint density at radius 3 is 2.71 bits per heavy atom. The number of ether oxygens (including phenoxy) is 1. The van der Waals surface area contributed by atoms with Crippen molar-refractivity contribution in [1.29, 1.82) is 0 Å². The number of halogens is 3. The number of carbonyl (C=O) groups excluding carboxylic acids is 1. The van der Waals surface area contributed by atoms with Crippen LogP contribution in [-0.4, -0.2) is 32.7 Å². The molecule has 0 aliphatic heterocycles. The molecule has 0 atom stereocenters. The van der Waals surface area contributed by atoms with Gasteiger partial charge in [-0.3, -0.25) is 15.2 Å². The Bertz CT molecular complexity index is 778. The van der Waals surface area contributed by atoms with Crippen LogP contribution in [0.15, 0.2) is 28.3 Å². The number of nitrogens with zero attached hydrogens (tertiary/aromatic N) is 3. The number of nitrogens with one attached hydrogen (secondary N) is 1. The van der Waals surface area contributed by atoms with Crippen molar-refractivity contribution in [3.05, 3.63) is 39.7 Å². The minimum Gasteiger partial charge on any atom is -0.462 e. The van der Waals surface area contributed by atoms with E-state index < -0.39 is 22.9 Å². The molecular weight excluding hydrogens is 353 g/mol. The highest BCUT2D eigenvalue weighted by Gasteiger charge is 2.35. The van der Waals surface area contributed by atoms with E-state index in [1.54, 1.807) is 12.0 Å². The summed E-state index contributed by atoms with van der Waals surface area (Å²) in [6.07, 6.45) is -4.69. The monoisotopic (exact) mass is 362 g/mol. The molecule has 1 N–H and O–H groups in total. The van der Waals surface area contributed by atoms with Crippen LogP contribution in [0.25, 0.3) is 0 Å². The van der Waals surface area contributed by atoms with Crippen LogP contribution >= 0.6 is 11.8 Å². The van der Waals surface area contributed by atoms with Gasteiger partial charge in [0.1, 0.15) is 0 Å². The topological polar surface area (TPSA) is 111 Å². The number of benzene rings is 1. The van der Waals surface area contributed by atoms with Crippen molar-refractivity contribution in [3.8, 4) is 0 Å². The zero-order valence-corrected chi connectivity index (χ0v) is 12.8. The van der Waals surface area contributed by atoms with E-state index in [1.165, 1.54) is 6.07 Å². The molecule has 0 aliphatic rings. The van der Waals surface area contributed by atoms with Gasteiger partial charge in [0.25, 0.3) is 5.69 Å². The summed E-state index contributed by atoms with van der Waals surface area (Å²) in [6, 6.07) is 3.32. The van der Waals surface area contributed by atoms with Gasteiger partial charge in [-0.2, -0.15) is 18.2 Å². The third-order valence-corrected chi connectivity index (χ3v) is 3.55. The minimum absolute atomic E-state index is 0.0323. The van der Waals surface area contributed by atoms with E-state index in [0.29, 0.717) is 11.8 Å². The number of carbonyl (C=O) groups is 1. The zero-order chi connectivity index (χ0) is 17.9. The maximum atomic E-state index is 12.5. The molecule has 1 heterocycles. The molecule has 1 aromatic carbocycles. The van der Waals surface area contributed by atoms with Crippen molar-refractivity contribution in [2.24, 2.45) is 0 Å². The van der Waals surface area contributed by atoms with Crippen LogP contribution in [0.2, 0.25) is 0 Å². The molecule has 0 bridgehead atoms. The van der Waals surface area contributed by atoms with Crippen molar-refractivity contribution >= 4 is 23.4 Å². The van der Waals surface area contributed by atoms with Crippen molar-refractivity contribution < 1.29 is 27.6 Å². The number of non-ortho nitro benzene ring substituents is 1. The van der Waals surface area contributed by atoms with Gasteiger partial charge in [-0.25, -0.2) is 4.79 Å². The van der Waals surface area contributed by atoms with E-state index in [9.17, 15) is 28.1 Å². The largest absolute Gasteiger partial charge is 0.462 e. The van der Waals surface area contributed by atoms with E-state index in [0.717, 1.165) is 12.1 Å². The number of esters is 1. The summed E-state index contributed by atoms with van der Waals surface area (Å²) in [6.45, 7) is 1.58. The van der Waals surface area contributed by atoms with Crippen molar-refractivity contribution in [3.63, 3.8) is 0 Å². The van der Waals surface area contributed by atoms with Gasteiger partial charge in [0, 0.05) is 17.0 Å². The quantitative estimate of drug-likeness (QED) is 0.494. The highest BCUT2D eigenvalue weighted by atomic mass is 32.2. The third kappa shape index (κ3) is 4.01. The van der Waals surface area contributed by atoms with Gasteiger partial charge in [0.2, 0.25) is 11.0 Å². The van der Waals surface area contributed by atoms with Gasteiger partial charge in [-0.1, -0.05) is 0 Å². The summed E-state index contributed by atoms with van der Waals surface area (Å²) < 4.78 is 42.3. The molecule has 0 saturated heterocycles. The lowest BCUT2D eigenvalue weighted by molar-refractivity contribution is -0.384. The second kappa shape index (κ2) is 6.86. The number of aromatic nitrogens is 3. The summed E-state index contributed by atoms with van der Waals surface area (Å²) in [7, 11) is 0. The van der Waals surface area contributed by atoms with E-state index in [4.69, 9.17) is 4.74 Å². The van der Waals surface area contributed by atoms with Crippen LogP contribution in [-0.2, 0) is 10.9 Å². The fourth-order valence-electron chi connectivity index (χ4n) is 1.61. The molecule has 24 heavy (non-hydrogen) atoms. The average molecular weight is 362 g/mol. The van der Waals surface area contributed by atoms with Crippen LogP contribution < -0.4 is 0 Å². The van der Waals surface area contributed by atoms with Crippen LogP contribution in [0.3, 0.4) is 0 Å². The Hall–Kier alpha value is -2.63. The number of alkyl halides is 3. The van der Waals surface area contributed by atoms with Gasteiger partial charge >= 0.3 is 12.1 Å². The number of aromatic amines is 1. The Labute approximate surface area is 136 Å². The Morgan fingerprint density at radius 2 is 2.17 bits per heavy atom. The fraction of sp³-hybridized carbons (Fsp3) is 0.250. The third-order valence-electron chi connectivity index (χ3n) is 2.60. The van der Waals surface area contributed by atoms with Crippen molar-refractivity contribution in [2.45, 2.75) is 23.2 Å². The second-order valence-electron chi connectivity index (χ2n) is 4.22. The van der Waals surface area contributed by atoms with Gasteiger partial charge in [0.05, 0.1) is 17.1 Å². The van der Waals surface area contributed by atoms with Gasteiger partial charge in [0.15, 0.2) is 0 Å². The molecule has 2 rings (SSSR count). The minimum atomic E-state index is -4.69. The van der Waals surface area contributed by atoms with Crippen LogP contribution in [0.5, 0.6) is 0 Å². The highest BCUT2D eigenvalue weighted by Crippen LogP contribution is 2.33. The summed E-state index contributed by atoms with van der Waals surface area (Å²) >= 11 is 0.649. The van der Waals surface area contributed by atoms with E-state index >= 15 is 0 Å². The summed E-state index contributed by atoms with van der Waals surface area (Å²) in [5.41, 5.74) is -0.511. The SMILES string of the molecule is CCOC(=O)c1cc([N+](=O)[O-])ccc1Sc1n[nH]c(C(F)(F)F)n1. The normalized spacial score (nSPS) is 11.3. The first-order valence-corrected chi connectivity index (χ1v) is 7.17. The lowest BCUT2D eigenvalue weighted by atomic mass is 10.2. The standard InChI is InChI=1S/C12H9F3N4O4S/c1-2-23-9(20)7-5-6(19(21)22)3-4-8(7)24-11-16-10(17-18-11)12(13,14)15/h3-5H,2H2,1H3,(H,16,17,18). The van der Waals surface area contributed by atoms with Gasteiger partial charge in [-0.05, 0) is 24.8 Å². The Kier molecular flexibility index (Phi) is 5.07. The zero-order valence-electron chi connectivity index (χ0n) is 12.0. The van der Waals surface area contributed by atoms with Crippen LogP contribution in [0.1, 0.15) is 23.1 Å². The van der Waals surface area contributed by atoms with E-state index in [2.05, 4.69) is 10.1 Å². The molecule has 0 amide bonds. The number of nitro benzene ring substituents is 1. The predicted octanol–water partition coefficient (Wildman–Crippen LogP) is 3.06. The molecule has 1 aromatic heterocycles. The molecule has 12 heteroatoms. The molecule has 0 unspecified atom stereocenters. The number of hydrogen-bond acceptors (Lipinski definition) is 7. The Balaban J connectivity index is 2.36. The molecule has 0 saturated carbocycles. The maximum Gasteiger partial charge on any atom is 0.451 e. The number of rotatable bonds is 5. The van der Waals surface area contributed by atoms with Crippen molar-refractivity contribution in [2.75, 3.05) is 6.61 Å². The molecule has 0 radical (unpaired) electrons. The van der Waals surface area contributed by atoms with Crippen LogP contribution in [0, 0.1) is 10.1 Å². The lowest BCUT2D eigenvalue weighted by Gasteiger charge is -2.06. The first-order chi connectivity index (χ1) is 11.2. The summed E-state index contributed by atoms with van der Waals surface area (Å²) in [5.74, 6) is -2.13. The summed E-state index contributed by atoms with van der Waals surface area (Å²) in [5, 5.41) is 15.7. The maximum absolute atomic E-state index is 12.5. The molecule has 0 spiro atoms. The Morgan fingerprint density at radius 1 is 1.46 bits per heavy atom. The molecule has 8 nitrogen and oxygen atoms in total. The van der Waals surface area contributed by atoms with Crippen molar-refractivity contribution in [1.82, 2.24) is 15.2 Å². The lowest BCUT2D eigenvalue weighted by Crippen LogP contribution is -2.07. The predicted molar refractivity (Wildman–Crippen MR) is 74.6 cm³/mol. The summed E-state index contributed by atoms with van der Waals surface area (Å²) in [4.78, 5) is 25.4. The first kappa shape index (κ1) is 17.7. The average Bonchev–Trinajstić information content (AvgIpc) is 2.96. The van der Waals surface area contributed by atoms with E-state index in [1.807, 2.05) is 0 Å². The number of hydrogen-bond donors (Lipinski definition) is 1.